The van der Waals surface area contributed by atoms with Crippen LogP contribution in [0.2, 0.25) is 0 Å². The molecule has 2 aromatic rings. The average molecular weight is 322 g/mol. The number of hydrogen-bond donors (Lipinski definition) is 1. The lowest BCUT2D eigenvalue weighted by atomic mass is 9.85. The molecule has 0 aliphatic carbocycles. The number of likely N-dealkylation sites (N-methyl/N-ethyl adjacent to an activating group) is 1. The highest BCUT2D eigenvalue weighted by atomic mass is 15.1. The second-order valence-electron chi connectivity index (χ2n) is 7.62. The predicted molar refractivity (Wildman–Crippen MR) is 106 cm³/mol. The molecule has 128 valence electrons. The summed E-state index contributed by atoms with van der Waals surface area (Å²) in [6.07, 6.45) is 0. The highest BCUT2D eigenvalue weighted by molar-refractivity contribution is 5.69. The van der Waals surface area contributed by atoms with E-state index in [1.807, 2.05) is 0 Å². The molecule has 2 nitrogen and oxygen atoms in total. The van der Waals surface area contributed by atoms with Crippen molar-refractivity contribution in [2.45, 2.75) is 26.2 Å². The molecule has 0 aromatic heterocycles. The predicted octanol–water partition coefficient (Wildman–Crippen LogP) is 4.77. The van der Waals surface area contributed by atoms with Crippen LogP contribution in [-0.2, 0) is 5.41 Å². The summed E-state index contributed by atoms with van der Waals surface area (Å²) in [4.78, 5) is 2.16. The Balaban J connectivity index is 2.11. The first kappa shape index (κ1) is 18.3. The van der Waals surface area contributed by atoms with Crippen molar-refractivity contribution in [1.82, 2.24) is 10.2 Å². The average Bonchev–Trinajstić information content (AvgIpc) is 2.54. The van der Waals surface area contributed by atoms with E-state index in [1.165, 1.54) is 16.7 Å². The smallest absolute Gasteiger partial charge is 0.0341 e. The molecule has 0 aliphatic rings. The summed E-state index contributed by atoms with van der Waals surface area (Å²) in [6, 6.07) is 17.5. The highest BCUT2D eigenvalue weighted by Gasteiger charge is 2.13. The molecule has 0 saturated heterocycles. The van der Waals surface area contributed by atoms with Crippen molar-refractivity contribution in [2.24, 2.45) is 0 Å². The van der Waals surface area contributed by atoms with E-state index < -0.39 is 0 Å². The van der Waals surface area contributed by atoms with Gasteiger partial charge in [0, 0.05) is 18.8 Å². The molecule has 0 radical (unpaired) electrons. The summed E-state index contributed by atoms with van der Waals surface area (Å²) in [5.74, 6) is 0. The number of rotatable bonds is 6. The van der Waals surface area contributed by atoms with E-state index in [-0.39, 0.29) is 5.41 Å². The summed E-state index contributed by atoms with van der Waals surface area (Å²) in [5, 5.41) is 3.38. The molecule has 2 rings (SSSR count). The molecule has 2 heteroatoms. The van der Waals surface area contributed by atoms with Crippen molar-refractivity contribution >= 4 is 5.70 Å². The van der Waals surface area contributed by atoms with Crippen molar-refractivity contribution < 1.29 is 0 Å². The Morgan fingerprint density at radius 2 is 1.67 bits per heavy atom. The fourth-order valence-electron chi connectivity index (χ4n) is 2.56. The number of benzene rings is 2. The summed E-state index contributed by atoms with van der Waals surface area (Å²) in [7, 11) is 4.15. The number of nitrogens with one attached hydrogen (secondary N) is 1. The van der Waals surface area contributed by atoms with Crippen LogP contribution in [0.25, 0.3) is 16.8 Å². The van der Waals surface area contributed by atoms with Crippen LogP contribution in [0.1, 0.15) is 31.9 Å². The fourth-order valence-corrected chi connectivity index (χ4v) is 2.56. The molecule has 0 spiro atoms. The Labute approximate surface area is 147 Å². The molecule has 24 heavy (non-hydrogen) atoms. The van der Waals surface area contributed by atoms with E-state index in [1.54, 1.807) is 0 Å². The first-order valence-corrected chi connectivity index (χ1v) is 8.56. The molecular weight excluding hydrogens is 292 g/mol. The van der Waals surface area contributed by atoms with Gasteiger partial charge >= 0.3 is 0 Å². The van der Waals surface area contributed by atoms with E-state index in [4.69, 9.17) is 0 Å². The second kappa shape index (κ2) is 7.67. The van der Waals surface area contributed by atoms with Gasteiger partial charge in [0.2, 0.25) is 0 Å². The zero-order chi connectivity index (χ0) is 17.7. The maximum absolute atomic E-state index is 4.14. The second-order valence-corrected chi connectivity index (χ2v) is 7.62. The quantitative estimate of drug-likeness (QED) is 0.824. The molecular formula is C22H30N2. The molecule has 2 aromatic carbocycles. The molecule has 0 bridgehead atoms. The fraction of sp³-hybridized carbons (Fsp3) is 0.364. The summed E-state index contributed by atoms with van der Waals surface area (Å²) < 4.78 is 0. The van der Waals surface area contributed by atoms with Crippen LogP contribution >= 0.6 is 0 Å². The number of hydrogen-bond acceptors (Lipinski definition) is 2. The van der Waals surface area contributed by atoms with Gasteiger partial charge < -0.3 is 10.2 Å². The van der Waals surface area contributed by atoms with Crippen LogP contribution < -0.4 is 5.32 Å². The highest BCUT2D eigenvalue weighted by Crippen LogP contribution is 2.28. The van der Waals surface area contributed by atoms with Crippen LogP contribution in [0.4, 0.5) is 0 Å². The van der Waals surface area contributed by atoms with Crippen LogP contribution in [0, 0.1) is 0 Å². The van der Waals surface area contributed by atoms with Gasteiger partial charge in [-0.15, -0.1) is 0 Å². The third kappa shape index (κ3) is 4.97. The minimum Gasteiger partial charge on any atom is -0.384 e. The Hall–Kier alpha value is -2.06. The van der Waals surface area contributed by atoms with Crippen molar-refractivity contribution in [3.63, 3.8) is 0 Å². The van der Waals surface area contributed by atoms with Gasteiger partial charge in [0.1, 0.15) is 0 Å². The lowest BCUT2D eigenvalue weighted by Crippen LogP contribution is -2.25. The molecule has 0 saturated carbocycles. The van der Waals surface area contributed by atoms with E-state index >= 15 is 0 Å². The zero-order valence-electron chi connectivity index (χ0n) is 15.7. The molecule has 0 heterocycles. The van der Waals surface area contributed by atoms with Crippen molar-refractivity contribution in [2.75, 3.05) is 27.2 Å². The van der Waals surface area contributed by atoms with Gasteiger partial charge in [-0.3, -0.25) is 0 Å². The van der Waals surface area contributed by atoms with E-state index in [2.05, 4.69) is 100 Å². The van der Waals surface area contributed by atoms with E-state index in [0.29, 0.717) is 0 Å². The Kier molecular flexibility index (Phi) is 5.84. The SMILES string of the molecule is C=C(NCCN(C)C)c1ccc(-c2cccc(C(C)(C)C)c2)cc1. The van der Waals surface area contributed by atoms with Crippen molar-refractivity contribution in [3.8, 4) is 11.1 Å². The lowest BCUT2D eigenvalue weighted by Gasteiger charge is -2.20. The van der Waals surface area contributed by atoms with Gasteiger partial charge in [-0.1, -0.05) is 75.9 Å². The third-order valence-electron chi connectivity index (χ3n) is 4.19. The van der Waals surface area contributed by atoms with Gasteiger partial charge in [0.05, 0.1) is 0 Å². The maximum Gasteiger partial charge on any atom is 0.0341 e. The number of nitrogens with zero attached hydrogens (tertiary/aromatic N) is 1. The maximum atomic E-state index is 4.14. The molecule has 0 atom stereocenters. The molecule has 0 amide bonds. The minimum atomic E-state index is 0.167. The minimum absolute atomic E-state index is 0.167. The standard InChI is InChI=1S/C22H30N2/c1-17(23-14-15-24(5)6)18-10-12-19(13-11-18)20-8-7-9-21(16-20)22(2,3)4/h7-13,16,23H,1,14-15H2,2-6H3. The van der Waals surface area contributed by atoms with Gasteiger partial charge in [0.25, 0.3) is 0 Å². The van der Waals surface area contributed by atoms with Crippen molar-refractivity contribution in [1.29, 1.82) is 0 Å². The Bertz CT molecular complexity index is 676. The Morgan fingerprint density at radius 3 is 2.25 bits per heavy atom. The third-order valence-corrected chi connectivity index (χ3v) is 4.19. The molecule has 0 fully saturated rings. The van der Waals surface area contributed by atoms with Crippen molar-refractivity contribution in [3.05, 3.63) is 66.2 Å². The molecule has 1 N–H and O–H groups in total. The first-order valence-electron chi connectivity index (χ1n) is 8.56. The van der Waals surface area contributed by atoms with E-state index in [0.717, 1.165) is 24.4 Å². The van der Waals surface area contributed by atoms with Gasteiger partial charge in [-0.2, -0.15) is 0 Å². The van der Waals surface area contributed by atoms with Gasteiger partial charge in [0.15, 0.2) is 0 Å². The van der Waals surface area contributed by atoms with Crippen LogP contribution in [0.3, 0.4) is 0 Å². The van der Waals surface area contributed by atoms with Gasteiger partial charge in [-0.05, 0) is 41.8 Å². The summed E-state index contributed by atoms with van der Waals surface area (Å²) >= 11 is 0. The largest absolute Gasteiger partial charge is 0.384 e. The lowest BCUT2D eigenvalue weighted by molar-refractivity contribution is 0.411. The topological polar surface area (TPSA) is 15.3 Å². The first-order chi connectivity index (χ1) is 11.3. The molecule has 0 unspecified atom stereocenters. The zero-order valence-corrected chi connectivity index (χ0v) is 15.7. The van der Waals surface area contributed by atoms with Crippen LogP contribution in [0.15, 0.2) is 55.1 Å². The summed E-state index contributed by atoms with van der Waals surface area (Å²) in [5.41, 5.74) is 6.15. The normalized spacial score (nSPS) is 11.6. The van der Waals surface area contributed by atoms with E-state index in [9.17, 15) is 0 Å². The monoisotopic (exact) mass is 322 g/mol. The van der Waals surface area contributed by atoms with Crippen LogP contribution in [0.5, 0.6) is 0 Å². The van der Waals surface area contributed by atoms with Gasteiger partial charge in [-0.25, -0.2) is 0 Å². The Morgan fingerprint density at radius 1 is 1.00 bits per heavy atom. The molecule has 0 aliphatic heterocycles. The van der Waals surface area contributed by atoms with Crippen LogP contribution in [-0.4, -0.2) is 32.1 Å². The summed E-state index contributed by atoms with van der Waals surface area (Å²) in [6.45, 7) is 12.8.